The van der Waals surface area contributed by atoms with Crippen molar-refractivity contribution in [2.24, 2.45) is 10.4 Å². The second-order valence-electron chi connectivity index (χ2n) is 8.08. The van der Waals surface area contributed by atoms with Crippen molar-refractivity contribution in [1.82, 2.24) is 0 Å². The highest BCUT2D eigenvalue weighted by atomic mass is 32.2. The summed E-state index contributed by atoms with van der Waals surface area (Å²) in [6, 6.07) is 26.9. The van der Waals surface area contributed by atoms with E-state index in [1.54, 1.807) is 0 Å². The normalized spacial score (nSPS) is 18.6. The Morgan fingerprint density at radius 1 is 0.867 bits per heavy atom. The molecule has 0 bridgehead atoms. The van der Waals surface area contributed by atoms with Crippen molar-refractivity contribution < 1.29 is 4.74 Å². The summed E-state index contributed by atoms with van der Waals surface area (Å²) < 4.78 is 6.00. The maximum Gasteiger partial charge on any atom is 0.127 e. The van der Waals surface area contributed by atoms with Crippen molar-refractivity contribution in [3.63, 3.8) is 0 Å². The number of hydrogen-bond acceptors (Lipinski definition) is 3. The lowest BCUT2D eigenvalue weighted by Gasteiger charge is -2.42. The van der Waals surface area contributed by atoms with Crippen LogP contribution in [-0.2, 0) is 13.0 Å². The lowest BCUT2D eigenvalue weighted by atomic mass is 9.73. The van der Waals surface area contributed by atoms with Crippen LogP contribution >= 0.6 is 11.8 Å². The number of para-hydroxylation sites is 2. The Bertz CT molecular complexity index is 1040. The third kappa shape index (κ3) is 4.10. The minimum Gasteiger partial charge on any atom is -0.457 e. The maximum absolute atomic E-state index is 6.00. The number of benzene rings is 3. The molecule has 0 atom stereocenters. The van der Waals surface area contributed by atoms with Gasteiger partial charge in [0.1, 0.15) is 17.3 Å². The van der Waals surface area contributed by atoms with Gasteiger partial charge in [0.2, 0.25) is 0 Å². The Balaban J connectivity index is 1.39. The minimum absolute atomic E-state index is 0.151. The van der Waals surface area contributed by atoms with Gasteiger partial charge in [0.15, 0.2) is 0 Å². The first kappa shape index (κ1) is 19.3. The van der Waals surface area contributed by atoms with Crippen LogP contribution in [0.25, 0.3) is 0 Å². The summed E-state index contributed by atoms with van der Waals surface area (Å²) in [5.74, 6) is 5.29. The monoisotopic (exact) mass is 414 g/mol. The zero-order chi connectivity index (χ0) is 20.2. The summed E-state index contributed by atoms with van der Waals surface area (Å²) in [6.45, 7) is 0.658. The number of thioether (sulfide) groups is 1. The molecule has 30 heavy (non-hydrogen) atoms. The topological polar surface area (TPSA) is 33.6 Å². The molecule has 1 spiro atoms. The number of anilines is 1. The summed E-state index contributed by atoms with van der Waals surface area (Å²) in [6.07, 6.45) is 3.47. The molecule has 0 saturated carbocycles. The molecule has 5 rings (SSSR count). The number of rotatable bonds is 4. The molecule has 4 heteroatoms. The van der Waals surface area contributed by atoms with E-state index in [0.717, 1.165) is 29.3 Å². The fraction of sp³-hybridized carbons (Fsp3) is 0.269. The summed E-state index contributed by atoms with van der Waals surface area (Å²) in [7, 11) is 0. The Labute approximate surface area is 182 Å². The molecule has 0 amide bonds. The van der Waals surface area contributed by atoms with Gasteiger partial charge in [-0.1, -0.05) is 48.5 Å². The van der Waals surface area contributed by atoms with E-state index in [9.17, 15) is 0 Å². The molecule has 1 saturated heterocycles. The van der Waals surface area contributed by atoms with Crippen LogP contribution in [0.4, 0.5) is 5.69 Å². The van der Waals surface area contributed by atoms with E-state index in [0.29, 0.717) is 6.54 Å². The van der Waals surface area contributed by atoms with Gasteiger partial charge in [-0.2, -0.15) is 11.8 Å². The zero-order valence-corrected chi connectivity index (χ0v) is 17.8. The molecule has 2 heterocycles. The van der Waals surface area contributed by atoms with Crippen LogP contribution in [0.3, 0.4) is 0 Å². The SMILES string of the molecule is c1ccc(Oc2cccc(CN=C3Nc4ccccc4CC34CCSCC4)c2)cc1. The van der Waals surface area contributed by atoms with Gasteiger partial charge in [0, 0.05) is 11.1 Å². The van der Waals surface area contributed by atoms with Crippen LogP contribution in [0.15, 0.2) is 83.9 Å². The summed E-state index contributed by atoms with van der Waals surface area (Å²) in [5, 5.41) is 3.69. The molecule has 0 aliphatic carbocycles. The molecule has 2 aliphatic heterocycles. The molecule has 3 aromatic carbocycles. The maximum atomic E-state index is 6.00. The van der Waals surface area contributed by atoms with E-state index in [4.69, 9.17) is 9.73 Å². The Hall–Kier alpha value is -2.72. The van der Waals surface area contributed by atoms with Crippen LogP contribution in [-0.4, -0.2) is 17.3 Å². The predicted molar refractivity (Wildman–Crippen MR) is 127 cm³/mol. The third-order valence-corrected chi connectivity index (χ3v) is 7.03. The number of nitrogens with one attached hydrogen (secondary N) is 1. The van der Waals surface area contributed by atoms with Crippen molar-refractivity contribution in [3.8, 4) is 11.5 Å². The van der Waals surface area contributed by atoms with Crippen molar-refractivity contribution in [2.75, 3.05) is 16.8 Å². The van der Waals surface area contributed by atoms with Gasteiger partial charge >= 0.3 is 0 Å². The standard InChI is InChI=1S/C26H26N2OS/c1-2-9-22(10-3-1)29-23-11-6-7-20(17-23)19-27-25-26(13-15-30-16-14-26)18-21-8-4-5-12-24(21)28-25/h1-12,17H,13-16,18-19H2,(H,27,28). The molecule has 2 aliphatic rings. The van der Waals surface area contributed by atoms with Crippen LogP contribution in [0, 0.1) is 5.41 Å². The van der Waals surface area contributed by atoms with Crippen molar-refractivity contribution in [1.29, 1.82) is 0 Å². The average molecular weight is 415 g/mol. The molecule has 1 fully saturated rings. The molecule has 0 unspecified atom stereocenters. The number of ether oxygens (including phenoxy) is 1. The number of hydrogen-bond donors (Lipinski definition) is 1. The van der Waals surface area contributed by atoms with Gasteiger partial charge in [0.05, 0.1) is 6.54 Å². The van der Waals surface area contributed by atoms with Crippen LogP contribution < -0.4 is 10.1 Å². The van der Waals surface area contributed by atoms with E-state index in [1.807, 2.05) is 42.5 Å². The lowest BCUT2D eigenvalue weighted by molar-refractivity contribution is 0.377. The van der Waals surface area contributed by atoms with E-state index in [2.05, 4.69) is 53.5 Å². The average Bonchev–Trinajstić information content (AvgIpc) is 2.79. The van der Waals surface area contributed by atoms with Crippen molar-refractivity contribution in [2.45, 2.75) is 25.8 Å². The molecule has 3 nitrogen and oxygen atoms in total. The number of aliphatic imine (C=N–C) groups is 1. The van der Waals surface area contributed by atoms with Gasteiger partial charge in [-0.15, -0.1) is 0 Å². The molecule has 0 radical (unpaired) electrons. The quantitative estimate of drug-likeness (QED) is 0.525. The van der Waals surface area contributed by atoms with Gasteiger partial charge < -0.3 is 10.1 Å². The Morgan fingerprint density at radius 3 is 2.50 bits per heavy atom. The van der Waals surface area contributed by atoms with Gasteiger partial charge in [-0.3, -0.25) is 4.99 Å². The minimum atomic E-state index is 0.151. The molecule has 0 aromatic heterocycles. The zero-order valence-electron chi connectivity index (χ0n) is 17.0. The Kier molecular flexibility index (Phi) is 5.50. The number of fused-ring (bicyclic) bond motifs is 1. The molecule has 3 aromatic rings. The smallest absolute Gasteiger partial charge is 0.127 e. The van der Waals surface area contributed by atoms with Crippen LogP contribution in [0.5, 0.6) is 11.5 Å². The second-order valence-corrected chi connectivity index (χ2v) is 9.30. The van der Waals surface area contributed by atoms with E-state index in [-0.39, 0.29) is 5.41 Å². The molecular weight excluding hydrogens is 388 g/mol. The largest absolute Gasteiger partial charge is 0.457 e. The molecule has 152 valence electrons. The lowest BCUT2D eigenvalue weighted by Crippen LogP contribution is -2.44. The van der Waals surface area contributed by atoms with Crippen LogP contribution in [0.2, 0.25) is 0 Å². The van der Waals surface area contributed by atoms with Gasteiger partial charge in [0.25, 0.3) is 0 Å². The first-order valence-corrected chi connectivity index (χ1v) is 11.8. The van der Waals surface area contributed by atoms with E-state index in [1.165, 1.54) is 35.6 Å². The van der Waals surface area contributed by atoms with E-state index < -0.39 is 0 Å². The van der Waals surface area contributed by atoms with Crippen molar-refractivity contribution >= 4 is 23.3 Å². The Morgan fingerprint density at radius 2 is 1.63 bits per heavy atom. The highest BCUT2D eigenvalue weighted by Crippen LogP contribution is 2.44. The van der Waals surface area contributed by atoms with E-state index >= 15 is 0 Å². The second kappa shape index (κ2) is 8.57. The molecular formula is C26H26N2OS. The predicted octanol–water partition coefficient (Wildman–Crippen LogP) is 6.56. The highest BCUT2D eigenvalue weighted by Gasteiger charge is 2.41. The highest BCUT2D eigenvalue weighted by molar-refractivity contribution is 7.99. The summed E-state index contributed by atoms with van der Waals surface area (Å²) in [4.78, 5) is 5.12. The van der Waals surface area contributed by atoms with Crippen LogP contribution in [0.1, 0.15) is 24.0 Å². The fourth-order valence-corrected chi connectivity index (χ4v) is 5.66. The first-order valence-electron chi connectivity index (χ1n) is 10.6. The number of amidine groups is 1. The summed E-state index contributed by atoms with van der Waals surface area (Å²) >= 11 is 2.06. The molecule has 1 N–H and O–H groups in total. The number of nitrogens with zero attached hydrogens (tertiary/aromatic N) is 1. The fourth-order valence-electron chi connectivity index (χ4n) is 4.39. The third-order valence-electron chi connectivity index (χ3n) is 6.05. The van der Waals surface area contributed by atoms with Gasteiger partial charge in [-0.25, -0.2) is 0 Å². The summed E-state index contributed by atoms with van der Waals surface area (Å²) in [5.41, 5.74) is 3.94. The van der Waals surface area contributed by atoms with Crippen molar-refractivity contribution in [3.05, 3.63) is 90.0 Å². The van der Waals surface area contributed by atoms with Gasteiger partial charge in [-0.05, 0) is 72.2 Å². The first-order chi connectivity index (χ1) is 14.8.